The van der Waals surface area contributed by atoms with Gasteiger partial charge in [-0.25, -0.2) is 0 Å². The molecule has 0 bridgehead atoms. The fourth-order valence-electron chi connectivity index (χ4n) is 1.88. The molecular weight excluding hydrogens is 259 g/mol. The standard InChI is InChI=1S/C12H13ClN2O.ClH/c13-11(16)9-3-5-10(6-4-9)12(14)15-7-1-2-8-15;/h3-6,14H,1-2,7-8H2;1H. The minimum atomic E-state index is -0.459. The average molecular weight is 273 g/mol. The highest BCUT2D eigenvalue weighted by atomic mass is 35.5. The molecule has 1 aliphatic heterocycles. The van der Waals surface area contributed by atoms with Crippen LogP contribution in [-0.4, -0.2) is 29.1 Å². The molecule has 1 aromatic carbocycles. The summed E-state index contributed by atoms with van der Waals surface area (Å²) in [7, 11) is 0. The predicted octanol–water partition coefficient (Wildman–Crippen LogP) is 2.91. The number of rotatable bonds is 2. The second kappa shape index (κ2) is 6.03. The fraction of sp³-hybridized carbons (Fsp3) is 0.333. The molecule has 0 radical (unpaired) electrons. The summed E-state index contributed by atoms with van der Waals surface area (Å²) in [6.07, 6.45) is 2.31. The fourth-order valence-corrected chi connectivity index (χ4v) is 2.01. The Balaban J connectivity index is 0.00000144. The highest BCUT2D eigenvalue weighted by molar-refractivity contribution is 6.67. The number of halogens is 2. The van der Waals surface area contributed by atoms with Gasteiger partial charge in [-0.05, 0) is 36.6 Å². The van der Waals surface area contributed by atoms with Crippen LogP contribution in [0, 0.1) is 5.41 Å². The van der Waals surface area contributed by atoms with Crippen LogP contribution in [-0.2, 0) is 0 Å². The molecule has 1 aliphatic rings. The van der Waals surface area contributed by atoms with Gasteiger partial charge in [0, 0.05) is 24.2 Å². The van der Waals surface area contributed by atoms with Crippen LogP contribution in [0.3, 0.4) is 0 Å². The van der Waals surface area contributed by atoms with Gasteiger partial charge < -0.3 is 4.90 Å². The zero-order chi connectivity index (χ0) is 11.5. The molecule has 0 aromatic heterocycles. The minimum Gasteiger partial charge on any atom is -0.357 e. The van der Waals surface area contributed by atoms with Crippen LogP contribution >= 0.6 is 24.0 Å². The third-order valence-corrected chi connectivity index (χ3v) is 3.03. The number of nitrogens with zero attached hydrogens (tertiary/aromatic N) is 1. The third kappa shape index (κ3) is 3.20. The van der Waals surface area contributed by atoms with E-state index in [1.54, 1.807) is 24.3 Å². The summed E-state index contributed by atoms with van der Waals surface area (Å²) in [4.78, 5) is 12.9. The largest absolute Gasteiger partial charge is 0.357 e. The maximum atomic E-state index is 10.9. The molecule has 17 heavy (non-hydrogen) atoms. The number of carbonyl (C=O) groups excluding carboxylic acids is 1. The Morgan fingerprint density at radius 1 is 1.12 bits per heavy atom. The van der Waals surface area contributed by atoms with Gasteiger partial charge in [0.2, 0.25) is 0 Å². The smallest absolute Gasteiger partial charge is 0.252 e. The molecular formula is C12H14Cl2N2O. The number of hydrogen-bond donors (Lipinski definition) is 1. The molecule has 0 saturated carbocycles. The Labute approximate surface area is 112 Å². The average Bonchev–Trinajstić information content (AvgIpc) is 2.81. The van der Waals surface area contributed by atoms with Crippen molar-refractivity contribution in [2.75, 3.05) is 13.1 Å². The summed E-state index contributed by atoms with van der Waals surface area (Å²) in [5, 5.41) is 7.55. The van der Waals surface area contributed by atoms with E-state index in [2.05, 4.69) is 4.90 Å². The monoisotopic (exact) mass is 272 g/mol. The molecule has 1 saturated heterocycles. The first kappa shape index (κ1) is 14.0. The van der Waals surface area contributed by atoms with Crippen molar-refractivity contribution in [3.63, 3.8) is 0 Å². The first-order valence-electron chi connectivity index (χ1n) is 5.32. The molecule has 3 nitrogen and oxygen atoms in total. The van der Waals surface area contributed by atoms with E-state index in [0.717, 1.165) is 31.5 Å². The molecule has 1 aromatic rings. The lowest BCUT2D eigenvalue weighted by Crippen LogP contribution is -2.27. The van der Waals surface area contributed by atoms with Gasteiger partial charge in [0.1, 0.15) is 5.84 Å². The summed E-state index contributed by atoms with van der Waals surface area (Å²) < 4.78 is 0. The van der Waals surface area contributed by atoms with Crippen LogP contribution in [0.1, 0.15) is 28.8 Å². The van der Waals surface area contributed by atoms with Crippen molar-refractivity contribution in [1.82, 2.24) is 4.90 Å². The molecule has 0 atom stereocenters. The van der Waals surface area contributed by atoms with E-state index in [1.165, 1.54) is 0 Å². The summed E-state index contributed by atoms with van der Waals surface area (Å²) in [5.74, 6) is 0.533. The lowest BCUT2D eigenvalue weighted by molar-refractivity contribution is 0.108. The Kier molecular flexibility index (Phi) is 4.97. The maximum Gasteiger partial charge on any atom is 0.252 e. The zero-order valence-corrected chi connectivity index (χ0v) is 10.9. The van der Waals surface area contributed by atoms with Crippen molar-refractivity contribution in [3.05, 3.63) is 35.4 Å². The number of benzene rings is 1. The van der Waals surface area contributed by atoms with Crippen LogP contribution in [0.25, 0.3) is 0 Å². The van der Waals surface area contributed by atoms with E-state index in [4.69, 9.17) is 17.0 Å². The van der Waals surface area contributed by atoms with Crippen molar-refractivity contribution in [3.8, 4) is 0 Å². The number of amidine groups is 1. The number of carbonyl (C=O) groups is 1. The van der Waals surface area contributed by atoms with E-state index in [-0.39, 0.29) is 12.4 Å². The Morgan fingerprint density at radius 3 is 2.06 bits per heavy atom. The molecule has 0 unspecified atom stereocenters. The molecule has 1 fully saturated rings. The summed E-state index contributed by atoms with van der Waals surface area (Å²) in [5.41, 5.74) is 1.31. The lowest BCUT2D eigenvalue weighted by atomic mass is 10.1. The second-order valence-electron chi connectivity index (χ2n) is 3.89. The molecule has 2 rings (SSSR count). The van der Waals surface area contributed by atoms with E-state index < -0.39 is 5.24 Å². The van der Waals surface area contributed by atoms with Gasteiger partial charge in [-0.2, -0.15) is 0 Å². The van der Waals surface area contributed by atoms with E-state index in [0.29, 0.717) is 11.4 Å². The first-order chi connectivity index (χ1) is 7.68. The van der Waals surface area contributed by atoms with E-state index >= 15 is 0 Å². The Hall–Kier alpha value is -1.06. The van der Waals surface area contributed by atoms with Gasteiger partial charge in [0.05, 0.1) is 0 Å². The van der Waals surface area contributed by atoms with Crippen LogP contribution < -0.4 is 0 Å². The second-order valence-corrected chi connectivity index (χ2v) is 4.24. The van der Waals surface area contributed by atoms with Crippen LogP contribution in [0.4, 0.5) is 0 Å². The quantitative estimate of drug-likeness (QED) is 0.511. The van der Waals surface area contributed by atoms with Gasteiger partial charge in [0.15, 0.2) is 0 Å². The van der Waals surface area contributed by atoms with E-state index in [1.807, 2.05) is 0 Å². The molecule has 1 N–H and O–H groups in total. The summed E-state index contributed by atoms with van der Waals surface area (Å²) in [6, 6.07) is 6.87. The molecule has 0 spiro atoms. The lowest BCUT2D eigenvalue weighted by Gasteiger charge is -2.18. The van der Waals surface area contributed by atoms with Crippen molar-refractivity contribution in [2.24, 2.45) is 0 Å². The van der Waals surface area contributed by atoms with E-state index in [9.17, 15) is 4.79 Å². The van der Waals surface area contributed by atoms with Crippen LogP contribution in [0.2, 0.25) is 0 Å². The first-order valence-corrected chi connectivity index (χ1v) is 5.70. The van der Waals surface area contributed by atoms with Gasteiger partial charge in [0.25, 0.3) is 5.24 Å². The molecule has 92 valence electrons. The van der Waals surface area contributed by atoms with Gasteiger partial charge in [-0.3, -0.25) is 10.2 Å². The molecule has 1 heterocycles. The SMILES string of the molecule is Cl.N=C(c1ccc(C(=O)Cl)cc1)N1CCCC1. The van der Waals surface area contributed by atoms with Gasteiger partial charge in [-0.15, -0.1) is 12.4 Å². The van der Waals surface area contributed by atoms with Crippen molar-refractivity contribution in [1.29, 1.82) is 5.41 Å². The number of hydrogen-bond acceptors (Lipinski definition) is 2. The number of nitrogens with one attached hydrogen (secondary N) is 1. The summed E-state index contributed by atoms with van der Waals surface area (Å²) in [6.45, 7) is 1.91. The van der Waals surface area contributed by atoms with Gasteiger partial charge in [-0.1, -0.05) is 12.1 Å². The van der Waals surface area contributed by atoms with Crippen LogP contribution in [0.15, 0.2) is 24.3 Å². The summed E-state index contributed by atoms with van der Waals surface area (Å²) >= 11 is 5.36. The third-order valence-electron chi connectivity index (χ3n) is 2.81. The predicted molar refractivity (Wildman–Crippen MR) is 71.5 cm³/mol. The van der Waals surface area contributed by atoms with Crippen molar-refractivity contribution < 1.29 is 4.79 Å². The highest BCUT2D eigenvalue weighted by Gasteiger charge is 2.16. The van der Waals surface area contributed by atoms with Crippen LogP contribution in [0.5, 0.6) is 0 Å². The zero-order valence-electron chi connectivity index (χ0n) is 9.28. The normalized spacial score (nSPS) is 14.3. The molecule has 0 amide bonds. The highest BCUT2D eigenvalue weighted by Crippen LogP contribution is 2.14. The number of likely N-dealkylation sites (tertiary alicyclic amines) is 1. The molecule has 5 heteroatoms. The maximum absolute atomic E-state index is 10.9. The Bertz CT molecular complexity index is 411. The molecule has 0 aliphatic carbocycles. The topological polar surface area (TPSA) is 44.2 Å². The van der Waals surface area contributed by atoms with Crippen molar-refractivity contribution in [2.45, 2.75) is 12.8 Å². The Morgan fingerprint density at radius 2 is 1.59 bits per heavy atom. The van der Waals surface area contributed by atoms with Crippen molar-refractivity contribution >= 4 is 35.1 Å². The minimum absolute atomic E-state index is 0. The van der Waals surface area contributed by atoms with Gasteiger partial charge >= 0.3 is 0 Å².